The number of anilines is 1. The summed E-state index contributed by atoms with van der Waals surface area (Å²) in [7, 11) is -3.37. The van der Waals surface area contributed by atoms with Gasteiger partial charge in [0.15, 0.2) is 9.84 Å². The van der Waals surface area contributed by atoms with Crippen LogP contribution in [0, 0.1) is 5.82 Å². The second-order valence-corrected chi connectivity index (χ2v) is 10.1. The number of hydrogen-bond donors (Lipinski definition) is 2. The summed E-state index contributed by atoms with van der Waals surface area (Å²) in [5.41, 5.74) is 1.89. The van der Waals surface area contributed by atoms with Crippen LogP contribution in [0.4, 0.5) is 14.9 Å². The third kappa shape index (κ3) is 4.52. The van der Waals surface area contributed by atoms with Crippen LogP contribution in [0.1, 0.15) is 29.2 Å². The van der Waals surface area contributed by atoms with E-state index in [0.29, 0.717) is 29.9 Å². The van der Waals surface area contributed by atoms with Gasteiger partial charge in [-0.2, -0.15) is 5.10 Å². The first-order valence-corrected chi connectivity index (χ1v) is 11.5. The largest absolute Gasteiger partial charge is 0.349 e. The van der Waals surface area contributed by atoms with Crippen molar-refractivity contribution in [2.24, 2.45) is 0 Å². The lowest BCUT2D eigenvalue weighted by atomic mass is 10.1. The Morgan fingerprint density at radius 1 is 1.39 bits per heavy atom. The average molecular weight is 472 g/mol. The fourth-order valence-electron chi connectivity index (χ4n) is 3.60. The fourth-order valence-corrected chi connectivity index (χ4v) is 4.58. The number of amides is 3. The number of rotatable bonds is 2. The Hall–Kier alpha value is -2.66. The zero-order valence-electron chi connectivity index (χ0n) is 16.0. The maximum absolute atomic E-state index is 13.3. The quantitative estimate of drug-likeness (QED) is 0.696. The first-order chi connectivity index (χ1) is 14.1. The predicted octanol–water partition coefficient (Wildman–Crippen LogP) is 2.06. The molecule has 2 aliphatic heterocycles. The summed E-state index contributed by atoms with van der Waals surface area (Å²) in [6.45, 7) is 0.579. The van der Waals surface area contributed by atoms with E-state index in [9.17, 15) is 22.4 Å². The zero-order valence-corrected chi connectivity index (χ0v) is 17.6. The molecule has 2 aromatic rings. The second kappa shape index (κ2) is 8.46. The van der Waals surface area contributed by atoms with Crippen molar-refractivity contribution in [3.8, 4) is 0 Å². The van der Waals surface area contributed by atoms with Crippen molar-refractivity contribution < 1.29 is 22.4 Å². The van der Waals surface area contributed by atoms with Gasteiger partial charge in [-0.1, -0.05) is 19.0 Å². The Bertz CT molecular complexity index is 1150. The Morgan fingerprint density at radius 2 is 2.13 bits per heavy atom. The third-order valence-electron chi connectivity index (χ3n) is 5.25. The number of urea groups is 1. The normalized spacial score (nSPS) is 18.2. The Labute approximate surface area is 184 Å². The number of hydrogen-bond acceptors (Lipinski definition) is 5. The van der Waals surface area contributed by atoms with Gasteiger partial charge in [0.25, 0.3) is 5.91 Å². The molecule has 31 heavy (non-hydrogen) atoms. The molecule has 0 aliphatic carbocycles. The smallest absolute Gasteiger partial charge is 0.322 e. The SMILES string of the molecule is C.CS(=O)(=O)C1CNC(=O)c2c3c(nn2C1)CCN(C(=O)Nc1ccc(F)c(Cl)c1)C3. The van der Waals surface area contributed by atoms with Gasteiger partial charge in [-0.25, -0.2) is 17.6 Å². The molecule has 1 aromatic carbocycles. The molecular formula is C19H23ClFN5O4S. The summed E-state index contributed by atoms with van der Waals surface area (Å²) in [6, 6.07) is 3.45. The lowest BCUT2D eigenvalue weighted by Crippen LogP contribution is -2.40. The van der Waals surface area contributed by atoms with Crippen LogP contribution in [-0.2, 0) is 29.3 Å². The van der Waals surface area contributed by atoms with Crippen LogP contribution in [0.2, 0.25) is 5.02 Å². The summed E-state index contributed by atoms with van der Waals surface area (Å²) in [4.78, 5) is 26.8. The molecule has 2 aliphatic rings. The van der Waals surface area contributed by atoms with E-state index in [0.717, 1.165) is 12.3 Å². The molecule has 3 amide bonds. The molecule has 1 unspecified atom stereocenters. The molecule has 0 radical (unpaired) electrons. The van der Waals surface area contributed by atoms with E-state index in [1.54, 1.807) is 0 Å². The first kappa shape index (κ1) is 23.0. The second-order valence-electron chi connectivity index (χ2n) is 7.35. The molecule has 0 saturated heterocycles. The van der Waals surface area contributed by atoms with Gasteiger partial charge >= 0.3 is 6.03 Å². The molecule has 0 saturated carbocycles. The van der Waals surface area contributed by atoms with Crippen LogP contribution in [0.5, 0.6) is 0 Å². The van der Waals surface area contributed by atoms with Gasteiger partial charge in [0.05, 0.1) is 29.1 Å². The minimum atomic E-state index is -3.37. The van der Waals surface area contributed by atoms with Crippen molar-refractivity contribution >= 4 is 39.1 Å². The summed E-state index contributed by atoms with van der Waals surface area (Å²) in [5.74, 6) is -0.999. The highest BCUT2D eigenvalue weighted by molar-refractivity contribution is 7.91. The van der Waals surface area contributed by atoms with Gasteiger partial charge in [0.2, 0.25) is 0 Å². The molecule has 0 bridgehead atoms. The molecule has 9 nitrogen and oxygen atoms in total. The van der Waals surface area contributed by atoms with Crippen LogP contribution in [0.15, 0.2) is 18.2 Å². The maximum Gasteiger partial charge on any atom is 0.322 e. The molecule has 12 heteroatoms. The Kier molecular flexibility index (Phi) is 6.28. The number of nitrogens with zero attached hydrogens (tertiary/aromatic N) is 3. The first-order valence-electron chi connectivity index (χ1n) is 9.20. The van der Waals surface area contributed by atoms with Crippen LogP contribution in [0.3, 0.4) is 0 Å². The van der Waals surface area contributed by atoms with E-state index in [1.165, 1.54) is 21.7 Å². The molecular weight excluding hydrogens is 449 g/mol. The Balaban J connectivity index is 0.00000272. The molecule has 1 atom stereocenters. The van der Waals surface area contributed by atoms with E-state index in [4.69, 9.17) is 11.6 Å². The van der Waals surface area contributed by atoms with Crippen molar-refractivity contribution in [1.29, 1.82) is 0 Å². The molecule has 168 valence electrons. The van der Waals surface area contributed by atoms with E-state index in [2.05, 4.69) is 15.7 Å². The van der Waals surface area contributed by atoms with Gasteiger partial charge in [0, 0.05) is 37.0 Å². The molecule has 2 N–H and O–H groups in total. The van der Waals surface area contributed by atoms with Crippen molar-refractivity contribution in [2.75, 3.05) is 24.7 Å². The number of nitrogens with one attached hydrogen (secondary N) is 2. The van der Waals surface area contributed by atoms with Crippen LogP contribution in [0.25, 0.3) is 0 Å². The summed E-state index contributed by atoms with van der Waals surface area (Å²) in [6.07, 6.45) is 1.55. The monoisotopic (exact) mass is 471 g/mol. The Morgan fingerprint density at radius 3 is 2.81 bits per heavy atom. The maximum atomic E-state index is 13.3. The lowest BCUT2D eigenvalue weighted by Gasteiger charge is -2.27. The molecule has 0 spiro atoms. The number of carbonyl (C=O) groups is 2. The van der Waals surface area contributed by atoms with Gasteiger partial charge < -0.3 is 15.5 Å². The molecule has 4 rings (SSSR count). The lowest BCUT2D eigenvalue weighted by molar-refractivity contribution is 0.0948. The highest BCUT2D eigenvalue weighted by Crippen LogP contribution is 2.26. The number of aromatic nitrogens is 2. The van der Waals surface area contributed by atoms with E-state index < -0.39 is 32.8 Å². The van der Waals surface area contributed by atoms with Crippen LogP contribution in [-0.4, -0.2) is 59.6 Å². The van der Waals surface area contributed by atoms with E-state index >= 15 is 0 Å². The van der Waals surface area contributed by atoms with Crippen LogP contribution >= 0.6 is 11.6 Å². The van der Waals surface area contributed by atoms with Gasteiger partial charge in [-0.15, -0.1) is 0 Å². The fraction of sp³-hybridized carbons (Fsp3) is 0.421. The molecule has 0 fully saturated rings. The van der Waals surface area contributed by atoms with Crippen LogP contribution < -0.4 is 10.6 Å². The van der Waals surface area contributed by atoms with Crippen molar-refractivity contribution in [1.82, 2.24) is 20.0 Å². The summed E-state index contributed by atoms with van der Waals surface area (Å²) in [5, 5.41) is 8.87. The van der Waals surface area contributed by atoms with Gasteiger partial charge in [-0.3, -0.25) is 9.48 Å². The standard InChI is InChI=1S/C18H19ClFN5O4S.CH4/c1-30(28,29)11-7-21-17(26)16-12-9-24(5-4-15(12)23-25(16)8-11)18(27)22-10-2-3-14(20)13(19)6-10;/h2-3,6,11H,4-5,7-9H2,1H3,(H,21,26)(H,22,27);1H4. The number of sulfone groups is 1. The highest BCUT2D eigenvalue weighted by Gasteiger charge is 2.35. The van der Waals surface area contributed by atoms with E-state index in [-0.39, 0.29) is 37.8 Å². The molecule has 1 aromatic heterocycles. The van der Waals surface area contributed by atoms with E-state index in [1.807, 2.05) is 0 Å². The van der Waals surface area contributed by atoms with Gasteiger partial charge in [-0.05, 0) is 18.2 Å². The number of halogens is 2. The minimum Gasteiger partial charge on any atom is -0.349 e. The zero-order chi connectivity index (χ0) is 21.6. The highest BCUT2D eigenvalue weighted by atomic mass is 35.5. The number of fused-ring (bicyclic) bond motifs is 3. The predicted molar refractivity (Wildman–Crippen MR) is 114 cm³/mol. The summed E-state index contributed by atoms with van der Waals surface area (Å²) < 4.78 is 38.7. The number of carbonyl (C=O) groups excluding carboxylic acids is 2. The van der Waals surface area contributed by atoms with Gasteiger partial charge in [0.1, 0.15) is 11.5 Å². The summed E-state index contributed by atoms with van der Waals surface area (Å²) >= 11 is 5.75. The van der Waals surface area contributed by atoms with Crippen molar-refractivity contribution in [3.05, 3.63) is 46.0 Å². The average Bonchev–Trinajstić information content (AvgIpc) is 2.95. The van der Waals surface area contributed by atoms with Crippen molar-refractivity contribution in [3.63, 3.8) is 0 Å². The number of benzene rings is 1. The minimum absolute atomic E-state index is 0. The third-order valence-corrected chi connectivity index (χ3v) is 7.06. The van der Waals surface area contributed by atoms with Crippen molar-refractivity contribution in [2.45, 2.75) is 32.2 Å². The topological polar surface area (TPSA) is 113 Å². The molecule has 3 heterocycles.